The summed E-state index contributed by atoms with van der Waals surface area (Å²) in [5.41, 5.74) is 4.19. The third-order valence-electron chi connectivity index (χ3n) is 5.64. The first kappa shape index (κ1) is 20.0. The smallest absolute Gasteiger partial charge is 0.223 e. The Labute approximate surface area is 177 Å². The number of ether oxygens (including phenoxy) is 2. The van der Waals surface area contributed by atoms with Crippen molar-refractivity contribution in [3.63, 3.8) is 0 Å². The van der Waals surface area contributed by atoms with Crippen LogP contribution in [0.15, 0.2) is 67.0 Å². The Bertz CT molecular complexity index is 998. The van der Waals surface area contributed by atoms with Gasteiger partial charge in [-0.15, -0.1) is 0 Å². The minimum atomic E-state index is -0.0839. The van der Waals surface area contributed by atoms with Gasteiger partial charge in [0, 0.05) is 25.4 Å². The van der Waals surface area contributed by atoms with E-state index >= 15 is 0 Å². The standard InChI is InChI=1S/C25H26N2O3/c1-29-22-11-5-12-23(30-2)25(22)21-10-4-13-24(28)27(21)17-18-7-3-8-19(15-18)20-9-6-14-26-16-20/h3,5-9,11-12,14-16,21H,4,10,13,17H2,1-2H3. The van der Waals surface area contributed by atoms with Crippen molar-refractivity contribution in [3.8, 4) is 22.6 Å². The van der Waals surface area contributed by atoms with Gasteiger partial charge in [0.15, 0.2) is 0 Å². The van der Waals surface area contributed by atoms with Crippen LogP contribution in [0, 0.1) is 0 Å². The lowest BCUT2D eigenvalue weighted by Crippen LogP contribution is -2.38. The molecule has 1 aromatic heterocycles. The lowest BCUT2D eigenvalue weighted by molar-refractivity contribution is -0.137. The Morgan fingerprint density at radius 2 is 1.73 bits per heavy atom. The lowest BCUT2D eigenvalue weighted by Gasteiger charge is -2.37. The van der Waals surface area contributed by atoms with Crippen LogP contribution in [-0.4, -0.2) is 30.0 Å². The fraction of sp³-hybridized carbons (Fsp3) is 0.280. The van der Waals surface area contributed by atoms with Crippen molar-refractivity contribution in [1.29, 1.82) is 0 Å². The first-order valence-electron chi connectivity index (χ1n) is 10.2. The van der Waals surface area contributed by atoms with E-state index in [1.54, 1.807) is 20.4 Å². The molecule has 30 heavy (non-hydrogen) atoms. The second kappa shape index (κ2) is 8.99. The van der Waals surface area contributed by atoms with Crippen LogP contribution < -0.4 is 9.47 Å². The quantitative estimate of drug-likeness (QED) is 0.581. The van der Waals surface area contributed by atoms with E-state index in [0.717, 1.165) is 46.6 Å². The van der Waals surface area contributed by atoms with Crippen molar-refractivity contribution in [1.82, 2.24) is 9.88 Å². The predicted molar refractivity (Wildman–Crippen MR) is 116 cm³/mol. The minimum absolute atomic E-state index is 0.0839. The molecule has 1 unspecified atom stereocenters. The molecular weight excluding hydrogens is 376 g/mol. The summed E-state index contributed by atoms with van der Waals surface area (Å²) in [6, 6.07) is 18.0. The number of methoxy groups -OCH3 is 2. The van der Waals surface area contributed by atoms with Crippen molar-refractivity contribution < 1.29 is 14.3 Å². The zero-order chi connectivity index (χ0) is 20.9. The van der Waals surface area contributed by atoms with Crippen LogP contribution in [0.25, 0.3) is 11.1 Å². The number of hydrogen-bond acceptors (Lipinski definition) is 4. The van der Waals surface area contributed by atoms with Crippen molar-refractivity contribution in [2.45, 2.75) is 31.8 Å². The summed E-state index contributed by atoms with van der Waals surface area (Å²) >= 11 is 0. The van der Waals surface area contributed by atoms with Gasteiger partial charge >= 0.3 is 0 Å². The van der Waals surface area contributed by atoms with Crippen molar-refractivity contribution >= 4 is 5.91 Å². The van der Waals surface area contributed by atoms with Crippen LogP contribution in [0.3, 0.4) is 0 Å². The molecule has 0 aliphatic carbocycles. The number of carbonyl (C=O) groups excluding carboxylic acids is 1. The van der Waals surface area contributed by atoms with E-state index in [-0.39, 0.29) is 11.9 Å². The van der Waals surface area contributed by atoms with Crippen LogP contribution in [0.5, 0.6) is 11.5 Å². The third-order valence-corrected chi connectivity index (χ3v) is 5.64. The van der Waals surface area contributed by atoms with E-state index in [9.17, 15) is 4.79 Å². The number of aromatic nitrogens is 1. The summed E-state index contributed by atoms with van der Waals surface area (Å²) in [6.45, 7) is 0.540. The highest BCUT2D eigenvalue weighted by molar-refractivity contribution is 5.78. The highest BCUT2D eigenvalue weighted by atomic mass is 16.5. The van der Waals surface area contributed by atoms with Gasteiger partial charge in [0.2, 0.25) is 5.91 Å². The van der Waals surface area contributed by atoms with Crippen LogP contribution in [0.2, 0.25) is 0 Å². The SMILES string of the molecule is COc1cccc(OC)c1C1CCCC(=O)N1Cc1cccc(-c2cccnc2)c1. The van der Waals surface area contributed by atoms with Gasteiger partial charge in [-0.2, -0.15) is 0 Å². The van der Waals surface area contributed by atoms with Gasteiger partial charge in [0.1, 0.15) is 11.5 Å². The van der Waals surface area contributed by atoms with Gasteiger partial charge in [-0.1, -0.05) is 30.3 Å². The van der Waals surface area contributed by atoms with Crippen LogP contribution in [-0.2, 0) is 11.3 Å². The van der Waals surface area contributed by atoms with E-state index < -0.39 is 0 Å². The maximum atomic E-state index is 13.0. The molecular formula is C25H26N2O3. The summed E-state index contributed by atoms with van der Waals surface area (Å²) in [6.07, 6.45) is 5.93. The Hall–Kier alpha value is -3.34. The molecule has 5 heteroatoms. The van der Waals surface area contributed by atoms with E-state index in [4.69, 9.17) is 9.47 Å². The predicted octanol–water partition coefficient (Wildman–Crippen LogP) is 5.02. The van der Waals surface area contributed by atoms with Gasteiger partial charge in [-0.3, -0.25) is 9.78 Å². The molecule has 1 aliphatic heterocycles. The zero-order valence-corrected chi connectivity index (χ0v) is 17.4. The van der Waals surface area contributed by atoms with E-state index in [1.165, 1.54) is 0 Å². The largest absolute Gasteiger partial charge is 0.496 e. The van der Waals surface area contributed by atoms with E-state index in [2.05, 4.69) is 23.2 Å². The molecule has 154 valence electrons. The average Bonchev–Trinajstić information content (AvgIpc) is 2.80. The Morgan fingerprint density at radius 1 is 1.00 bits per heavy atom. The molecule has 0 radical (unpaired) electrons. The second-order valence-electron chi connectivity index (χ2n) is 7.45. The van der Waals surface area contributed by atoms with Crippen LogP contribution in [0.1, 0.15) is 36.4 Å². The Morgan fingerprint density at radius 3 is 2.43 bits per heavy atom. The second-order valence-corrected chi connectivity index (χ2v) is 7.45. The molecule has 0 saturated carbocycles. The topological polar surface area (TPSA) is 51.7 Å². The number of pyridine rings is 1. The van der Waals surface area contributed by atoms with E-state index in [0.29, 0.717) is 13.0 Å². The average molecular weight is 402 g/mol. The van der Waals surface area contributed by atoms with Crippen LogP contribution in [0.4, 0.5) is 0 Å². The molecule has 0 N–H and O–H groups in total. The maximum absolute atomic E-state index is 13.0. The molecule has 1 aliphatic rings. The van der Waals surface area contributed by atoms with Crippen molar-refractivity contribution in [2.75, 3.05) is 14.2 Å². The highest BCUT2D eigenvalue weighted by Crippen LogP contribution is 2.42. The Kier molecular flexibility index (Phi) is 5.98. The highest BCUT2D eigenvalue weighted by Gasteiger charge is 2.33. The molecule has 0 spiro atoms. The lowest BCUT2D eigenvalue weighted by atomic mass is 9.92. The normalized spacial score (nSPS) is 16.4. The molecule has 3 aromatic rings. The fourth-order valence-electron chi connectivity index (χ4n) is 4.21. The van der Waals surface area contributed by atoms with Crippen molar-refractivity contribution in [2.24, 2.45) is 0 Å². The summed E-state index contributed by atoms with van der Waals surface area (Å²) in [4.78, 5) is 19.2. The molecule has 1 atom stereocenters. The summed E-state index contributed by atoms with van der Waals surface area (Å²) in [5.74, 6) is 1.66. The molecule has 0 bridgehead atoms. The number of benzene rings is 2. The van der Waals surface area contributed by atoms with Crippen LogP contribution >= 0.6 is 0 Å². The number of nitrogens with zero attached hydrogens (tertiary/aromatic N) is 2. The number of amides is 1. The number of piperidine rings is 1. The minimum Gasteiger partial charge on any atom is -0.496 e. The van der Waals surface area contributed by atoms with Gasteiger partial charge in [-0.25, -0.2) is 0 Å². The molecule has 2 aromatic carbocycles. The maximum Gasteiger partial charge on any atom is 0.223 e. The van der Waals surface area contributed by atoms with Gasteiger partial charge in [0.25, 0.3) is 0 Å². The van der Waals surface area contributed by atoms with Gasteiger partial charge < -0.3 is 14.4 Å². The van der Waals surface area contributed by atoms with Gasteiger partial charge in [0.05, 0.1) is 25.8 Å². The Balaban J connectivity index is 1.68. The molecule has 4 rings (SSSR count). The summed E-state index contributed by atoms with van der Waals surface area (Å²) < 4.78 is 11.3. The molecule has 1 fully saturated rings. The number of carbonyl (C=O) groups is 1. The number of hydrogen-bond donors (Lipinski definition) is 0. The monoisotopic (exact) mass is 402 g/mol. The van der Waals surface area contributed by atoms with Gasteiger partial charge in [-0.05, 0) is 53.8 Å². The molecule has 5 nitrogen and oxygen atoms in total. The molecule has 1 amide bonds. The zero-order valence-electron chi connectivity index (χ0n) is 17.4. The first-order valence-corrected chi connectivity index (χ1v) is 10.2. The summed E-state index contributed by atoms with van der Waals surface area (Å²) in [7, 11) is 3.31. The first-order chi connectivity index (χ1) is 14.7. The van der Waals surface area contributed by atoms with E-state index in [1.807, 2.05) is 47.5 Å². The summed E-state index contributed by atoms with van der Waals surface area (Å²) in [5, 5.41) is 0. The fourth-order valence-corrected chi connectivity index (χ4v) is 4.21. The number of rotatable bonds is 6. The number of likely N-dealkylation sites (tertiary alicyclic amines) is 1. The molecule has 2 heterocycles. The third kappa shape index (κ3) is 4.01. The molecule has 1 saturated heterocycles. The van der Waals surface area contributed by atoms with Crippen molar-refractivity contribution in [3.05, 3.63) is 78.1 Å².